The van der Waals surface area contributed by atoms with Gasteiger partial charge >= 0.3 is 0 Å². The van der Waals surface area contributed by atoms with E-state index in [1.165, 1.54) is 0 Å². The summed E-state index contributed by atoms with van der Waals surface area (Å²) in [6, 6.07) is 0. The predicted molar refractivity (Wildman–Crippen MR) is 48.8 cm³/mol. The van der Waals surface area contributed by atoms with Crippen molar-refractivity contribution in [2.75, 3.05) is 33.0 Å². The lowest BCUT2D eigenvalue weighted by Gasteiger charge is -2.12. The summed E-state index contributed by atoms with van der Waals surface area (Å²) in [6.07, 6.45) is 1.11. The summed E-state index contributed by atoms with van der Waals surface area (Å²) in [4.78, 5) is 2.28. The third-order valence-electron chi connectivity index (χ3n) is 3.03. The molecular weight excluding hydrogens is 190 g/mol. The van der Waals surface area contributed by atoms with Gasteiger partial charge in [0.1, 0.15) is 0 Å². The van der Waals surface area contributed by atoms with Gasteiger partial charge in [0, 0.05) is 13.1 Å². The predicted octanol–water partition coefficient (Wildman–Crippen LogP) is -0.230. The normalized spacial score (nSPS) is 39.1. The zero-order valence-corrected chi connectivity index (χ0v) is 8.75. The van der Waals surface area contributed by atoms with Gasteiger partial charge in [0.05, 0.1) is 12.9 Å². The van der Waals surface area contributed by atoms with Crippen LogP contribution < -0.4 is 0 Å². The lowest BCUT2D eigenvalue weighted by molar-refractivity contribution is 0.259. The van der Waals surface area contributed by atoms with Gasteiger partial charge in [0.25, 0.3) is 10.1 Å². The molecule has 0 N–H and O–H groups in total. The van der Waals surface area contributed by atoms with Crippen molar-refractivity contribution < 1.29 is 12.6 Å². The van der Waals surface area contributed by atoms with Crippen LogP contribution in [0.5, 0.6) is 0 Å². The van der Waals surface area contributed by atoms with Gasteiger partial charge in [0.2, 0.25) is 0 Å². The van der Waals surface area contributed by atoms with Crippen LogP contribution >= 0.6 is 0 Å². The minimum absolute atomic E-state index is 0.391. The molecule has 0 bridgehead atoms. The Bertz CT molecular complexity index is 289. The van der Waals surface area contributed by atoms with E-state index in [4.69, 9.17) is 4.18 Å². The van der Waals surface area contributed by atoms with Crippen molar-refractivity contribution >= 4 is 10.1 Å². The molecule has 1 saturated heterocycles. The Hall–Kier alpha value is -0.130. The van der Waals surface area contributed by atoms with Crippen molar-refractivity contribution in [2.24, 2.45) is 17.8 Å². The fourth-order valence-corrected chi connectivity index (χ4v) is 2.71. The van der Waals surface area contributed by atoms with E-state index in [2.05, 4.69) is 11.9 Å². The number of piperidine rings is 1. The standard InChI is InChI=1S/C8H15NO3S/c1-9-3-6-7(4-9)8(6)5-12-13(2,10)11/h6-8H,3-5H2,1-2H3/t6-,7+,8?. The average Bonchev–Trinajstić information content (AvgIpc) is 2.42. The van der Waals surface area contributed by atoms with Gasteiger partial charge in [-0.2, -0.15) is 8.42 Å². The number of fused-ring (bicyclic) bond motifs is 1. The molecule has 0 aromatic carbocycles. The van der Waals surface area contributed by atoms with E-state index >= 15 is 0 Å². The largest absolute Gasteiger partial charge is 0.306 e. The smallest absolute Gasteiger partial charge is 0.264 e. The molecule has 1 saturated carbocycles. The third-order valence-corrected chi connectivity index (χ3v) is 3.59. The van der Waals surface area contributed by atoms with Crippen LogP contribution in [0.25, 0.3) is 0 Å². The summed E-state index contributed by atoms with van der Waals surface area (Å²) >= 11 is 0. The van der Waals surface area contributed by atoms with Gasteiger partial charge in [-0.25, -0.2) is 0 Å². The van der Waals surface area contributed by atoms with Crippen LogP contribution in [0.4, 0.5) is 0 Å². The van der Waals surface area contributed by atoms with Crippen LogP contribution in [-0.2, 0) is 14.3 Å². The summed E-state index contributed by atoms with van der Waals surface area (Å²) in [5.41, 5.74) is 0. The lowest BCUT2D eigenvalue weighted by atomic mass is 10.3. The summed E-state index contributed by atoms with van der Waals surface area (Å²) in [7, 11) is -1.14. The topological polar surface area (TPSA) is 46.6 Å². The maximum absolute atomic E-state index is 10.7. The number of rotatable bonds is 3. The molecule has 0 aromatic heterocycles. The summed E-state index contributed by atoms with van der Waals surface area (Å²) < 4.78 is 26.2. The number of nitrogens with zero attached hydrogens (tertiary/aromatic N) is 1. The van der Waals surface area contributed by atoms with Crippen LogP contribution in [0.15, 0.2) is 0 Å². The third kappa shape index (κ3) is 2.03. The van der Waals surface area contributed by atoms with Gasteiger partial charge in [-0.1, -0.05) is 0 Å². The minimum Gasteiger partial charge on any atom is -0.306 e. The number of likely N-dealkylation sites (tertiary alicyclic amines) is 1. The lowest BCUT2D eigenvalue weighted by Crippen LogP contribution is -2.21. The van der Waals surface area contributed by atoms with E-state index in [1.54, 1.807) is 0 Å². The Morgan fingerprint density at radius 3 is 2.38 bits per heavy atom. The Labute approximate surface area is 79.0 Å². The highest BCUT2D eigenvalue weighted by atomic mass is 32.2. The van der Waals surface area contributed by atoms with Crippen molar-refractivity contribution in [3.63, 3.8) is 0 Å². The molecule has 2 fully saturated rings. The van der Waals surface area contributed by atoms with E-state index in [0.717, 1.165) is 19.3 Å². The molecule has 3 atom stereocenters. The highest BCUT2D eigenvalue weighted by Crippen LogP contribution is 2.51. The highest BCUT2D eigenvalue weighted by molar-refractivity contribution is 7.85. The molecule has 0 radical (unpaired) electrons. The molecule has 2 rings (SSSR count). The van der Waals surface area contributed by atoms with Crippen molar-refractivity contribution in [2.45, 2.75) is 0 Å². The minimum atomic E-state index is -3.24. The Morgan fingerprint density at radius 2 is 1.92 bits per heavy atom. The summed E-state index contributed by atoms with van der Waals surface area (Å²) in [5.74, 6) is 1.87. The fourth-order valence-electron chi connectivity index (χ4n) is 2.31. The van der Waals surface area contributed by atoms with E-state index in [1.807, 2.05) is 0 Å². The van der Waals surface area contributed by atoms with Gasteiger partial charge in [-0.05, 0) is 24.8 Å². The van der Waals surface area contributed by atoms with Gasteiger partial charge in [-0.15, -0.1) is 0 Å². The van der Waals surface area contributed by atoms with E-state index in [9.17, 15) is 8.42 Å². The fraction of sp³-hybridized carbons (Fsp3) is 1.00. The van der Waals surface area contributed by atoms with Crippen LogP contribution in [0, 0.1) is 17.8 Å². The Kier molecular flexibility index (Phi) is 2.13. The second-order valence-corrected chi connectivity index (χ2v) is 5.85. The van der Waals surface area contributed by atoms with Crippen LogP contribution in [0.1, 0.15) is 0 Å². The summed E-state index contributed by atoms with van der Waals surface area (Å²) in [6.45, 7) is 2.59. The number of hydrogen-bond donors (Lipinski definition) is 0. The van der Waals surface area contributed by atoms with Gasteiger partial charge < -0.3 is 4.90 Å². The highest BCUT2D eigenvalue weighted by Gasteiger charge is 2.54. The van der Waals surface area contributed by atoms with E-state index in [0.29, 0.717) is 24.4 Å². The Balaban J connectivity index is 1.77. The van der Waals surface area contributed by atoms with Crippen LogP contribution in [0.3, 0.4) is 0 Å². The first kappa shape index (κ1) is 9.43. The molecule has 0 aromatic rings. The molecule has 0 amide bonds. The first-order chi connectivity index (χ1) is 5.97. The van der Waals surface area contributed by atoms with Crippen molar-refractivity contribution in [1.29, 1.82) is 0 Å². The second-order valence-electron chi connectivity index (χ2n) is 4.20. The molecule has 1 aliphatic heterocycles. The zero-order chi connectivity index (χ0) is 9.64. The molecule has 2 aliphatic rings. The summed E-state index contributed by atoms with van der Waals surface area (Å²) in [5, 5.41) is 0. The van der Waals surface area contributed by atoms with Gasteiger partial charge in [0.15, 0.2) is 0 Å². The van der Waals surface area contributed by atoms with Crippen LogP contribution in [0.2, 0.25) is 0 Å². The monoisotopic (exact) mass is 205 g/mol. The molecule has 0 spiro atoms. The van der Waals surface area contributed by atoms with Crippen molar-refractivity contribution in [3.8, 4) is 0 Å². The van der Waals surface area contributed by atoms with E-state index in [-0.39, 0.29) is 0 Å². The Morgan fingerprint density at radius 1 is 1.38 bits per heavy atom. The molecule has 1 heterocycles. The first-order valence-corrected chi connectivity index (χ1v) is 6.32. The molecule has 1 aliphatic carbocycles. The molecule has 13 heavy (non-hydrogen) atoms. The van der Waals surface area contributed by atoms with E-state index < -0.39 is 10.1 Å². The molecule has 5 heteroatoms. The van der Waals surface area contributed by atoms with Gasteiger partial charge in [-0.3, -0.25) is 4.18 Å². The zero-order valence-electron chi connectivity index (χ0n) is 7.93. The van der Waals surface area contributed by atoms with Crippen molar-refractivity contribution in [1.82, 2.24) is 4.90 Å². The first-order valence-electron chi connectivity index (χ1n) is 4.50. The maximum atomic E-state index is 10.7. The molecule has 4 nitrogen and oxygen atoms in total. The number of hydrogen-bond acceptors (Lipinski definition) is 4. The van der Waals surface area contributed by atoms with Crippen LogP contribution in [-0.4, -0.2) is 46.3 Å². The van der Waals surface area contributed by atoms with Crippen molar-refractivity contribution in [3.05, 3.63) is 0 Å². The quantitative estimate of drug-likeness (QED) is 0.597. The maximum Gasteiger partial charge on any atom is 0.264 e. The second kappa shape index (κ2) is 2.93. The molecule has 1 unspecified atom stereocenters. The average molecular weight is 205 g/mol. The SMILES string of the molecule is CN1C[C@@H]2C(COS(C)(=O)=O)[C@@H]2C1. The molecule has 76 valence electrons. The molecular formula is C8H15NO3S.